The topological polar surface area (TPSA) is 46.5 Å². The predicted octanol–water partition coefficient (Wildman–Crippen LogP) is 1.76. The molecule has 0 spiro atoms. The van der Waals surface area contributed by atoms with E-state index in [0.717, 1.165) is 12.8 Å². The normalized spacial score (nSPS) is 52.9. The highest BCUT2D eigenvalue weighted by Crippen LogP contribution is 2.54. The van der Waals surface area contributed by atoms with Crippen LogP contribution in [0.2, 0.25) is 0 Å². The Labute approximate surface area is 102 Å². The molecular weight excluding hydrogens is 216 g/mol. The van der Waals surface area contributed by atoms with Gasteiger partial charge in [0.2, 0.25) is 0 Å². The van der Waals surface area contributed by atoms with Gasteiger partial charge in [0, 0.05) is 11.8 Å². The van der Waals surface area contributed by atoms with E-state index in [4.69, 9.17) is 4.74 Å². The molecule has 0 aromatic heterocycles. The third kappa shape index (κ3) is 1.35. The van der Waals surface area contributed by atoms with E-state index in [-0.39, 0.29) is 29.8 Å². The van der Waals surface area contributed by atoms with Crippen molar-refractivity contribution in [2.75, 3.05) is 6.61 Å². The minimum absolute atomic E-state index is 0.0661. The summed E-state index contributed by atoms with van der Waals surface area (Å²) in [6.07, 6.45) is 5.93. The Morgan fingerprint density at radius 3 is 2.94 bits per heavy atom. The molecule has 3 heteroatoms. The van der Waals surface area contributed by atoms with Crippen LogP contribution in [0.1, 0.15) is 26.7 Å². The van der Waals surface area contributed by atoms with Gasteiger partial charge < -0.3 is 9.84 Å². The first-order valence-electron chi connectivity index (χ1n) is 6.58. The summed E-state index contributed by atoms with van der Waals surface area (Å²) in [5.41, 5.74) is -0.402. The first kappa shape index (κ1) is 11.3. The van der Waals surface area contributed by atoms with Crippen LogP contribution < -0.4 is 0 Å². The molecule has 0 aromatic rings. The summed E-state index contributed by atoms with van der Waals surface area (Å²) in [4.78, 5) is 12.0. The number of hydrogen-bond donors (Lipinski definition) is 1. The average molecular weight is 236 g/mol. The molecule has 3 nitrogen and oxygen atoms in total. The Hall–Kier alpha value is -0.830. The van der Waals surface area contributed by atoms with Crippen LogP contribution in [0, 0.1) is 29.1 Å². The Morgan fingerprint density at radius 2 is 2.18 bits per heavy atom. The fourth-order valence-corrected chi connectivity index (χ4v) is 3.96. The second-order valence-electron chi connectivity index (χ2n) is 6.10. The molecular formula is C14H20O3. The summed E-state index contributed by atoms with van der Waals surface area (Å²) < 4.78 is 5.24. The lowest BCUT2D eigenvalue weighted by molar-refractivity contribution is -0.152. The minimum atomic E-state index is -0.402. The van der Waals surface area contributed by atoms with Gasteiger partial charge in [-0.05, 0) is 31.6 Å². The maximum Gasteiger partial charge on any atom is 0.312 e. The third-order valence-corrected chi connectivity index (χ3v) is 5.31. The van der Waals surface area contributed by atoms with Crippen LogP contribution in [0.4, 0.5) is 0 Å². The molecule has 1 saturated heterocycles. The largest absolute Gasteiger partial charge is 0.465 e. The zero-order chi connectivity index (χ0) is 12.2. The van der Waals surface area contributed by atoms with Gasteiger partial charge in [0.1, 0.15) is 0 Å². The Kier molecular flexibility index (Phi) is 2.37. The van der Waals surface area contributed by atoms with Crippen molar-refractivity contribution in [3.63, 3.8) is 0 Å². The Balaban J connectivity index is 1.99. The first-order chi connectivity index (χ1) is 8.05. The highest BCUT2D eigenvalue weighted by atomic mass is 16.5. The van der Waals surface area contributed by atoms with Gasteiger partial charge in [-0.25, -0.2) is 0 Å². The van der Waals surface area contributed by atoms with Crippen LogP contribution in [0.5, 0.6) is 0 Å². The van der Waals surface area contributed by atoms with Crippen molar-refractivity contribution < 1.29 is 14.6 Å². The molecule has 2 fully saturated rings. The van der Waals surface area contributed by atoms with Crippen molar-refractivity contribution in [1.29, 1.82) is 0 Å². The number of esters is 1. The summed E-state index contributed by atoms with van der Waals surface area (Å²) in [6.45, 7) is 4.63. The zero-order valence-electron chi connectivity index (χ0n) is 10.4. The maximum absolute atomic E-state index is 12.0. The quantitative estimate of drug-likeness (QED) is 0.515. The molecule has 1 aliphatic heterocycles. The summed E-state index contributed by atoms with van der Waals surface area (Å²) in [7, 11) is 0. The van der Waals surface area contributed by atoms with Crippen molar-refractivity contribution in [3.05, 3.63) is 12.2 Å². The van der Waals surface area contributed by atoms with Crippen molar-refractivity contribution in [3.8, 4) is 0 Å². The number of fused-ring (bicyclic) bond motifs is 3. The molecule has 94 valence electrons. The number of rotatable bonds is 0. The number of hydrogen-bond acceptors (Lipinski definition) is 3. The maximum atomic E-state index is 12.0. The van der Waals surface area contributed by atoms with Crippen LogP contribution >= 0.6 is 0 Å². The van der Waals surface area contributed by atoms with Gasteiger partial charge in [-0.1, -0.05) is 19.1 Å². The van der Waals surface area contributed by atoms with Crippen molar-refractivity contribution >= 4 is 5.97 Å². The molecule has 1 saturated carbocycles. The van der Waals surface area contributed by atoms with Crippen LogP contribution in [0.15, 0.2) is 12.2 Å². The van der Waals surface area contributed by atoms with E-state index < -0.39 is 5.41 Å². The Bertz CT molecular complexity index is 376. The second kappa shape index (κ2) is 3.58. The van der Waals surface area contributed by atoms with Crippen molar-refractivity contribution in [2.45, 2.75) is 32.8 Å². The molecule has 0 amide bonds. The molecule has 2 aliphatic carbocycles. The van der Waals surface area contributed by atoms with E-state index in [2.05, 4.69) is 19.1 Å². The van der Waals surface area contributed by atoms with E-state index in [9.17, 15) is 9.90 Å². The minimum Gasteiger partial charge on any atom is -0.465 e. The standard InChI is InChI=1S/C14H20O3/c1-8-3-6-11-10(12(8)15)5-4-9-7-17-13(16)14(9,11)2/h4-5,8-12,15H,3,6-7H2,1-2H3. The fraction of sp³-hybridized carbons (Fsp3) is 0.786. The van der Waals surface area contributed by atoms with Crippen molar-refractivity contribution in [1.82, 2.24) is 0 Å². The smallest absolute Gasteiger partial charge is 0.312 e. The summed E-state index contributed by atoms with van der Waals surface area (Å²) >= 11 is 0. The van der Waals surface area contributed by atoms with Crippen LogP contribution in [-0.4, -0.2) is 23.8 Å². The molecule has 6 atom stereocenters. The number of carbonyl (C=O) groups is 1. The van der Waals surface area contributed by atoms with E-state index >= 15 is 0 Å². The molecule has 6 unspecified atom stereocenters. The van der Waals surface area contributed by atoms with Crippen LogP contribution in [-0.2, 0) is 9.53 Å². The summed E-state index contributed by atoms with van der Waals surface area (Å²) in [5.74, 6) is 0.850. The second-order valence-corrected chi connectivity index (χ2v) is 6.10. The van der Waals surface area contributed by atoms with Gasteiger partial charge >= 0.3 is 5.97 Å². The number of carbonyl (C=O) groups excluding carboxylic acids is 1. The van der Waals surface area contributed by atoms with Crippen molar-refractivity contribution in [2.24, 2.45) is 29.1 Å². The number of aliphatic hydroxyl groups is 1. The number of cyclic esters (lactones) is 1. The van der Waals surface area contributed by atoms with Crippen LogP contribution in [0.3, 0.4) is 0 Å². The number of aliphatic hydroxyl groups excluding tert-OH is 1. The van der Waals surface area contributed by atoms with E-state index in [1.165, 1.54) is 0 Å². The van der Waals surface area contributed by atoms with Crippen LogP contribution in [0.25, 0.3) is 0 Å². The highest BCUT2D eigenvalue weighted by Gasteiger charge is 2.58. The molecule has 3 aliphatic rings. The van der Waals surface area contributed by atoms with Gasteiger partial charge in [-0.15, -0.1) is 0 Å². The molecule has 0 bridgehead atoms. The lowest BCUT2D eigenvalue weighted by Crippen LogP contribution is -2.50. The molecule has 0 radical (unpaired) electrons. The van der Waals surface area contributed by atoms with E-state index in [0.29, 0.717) is 12.5 Å². The van der Waals surface area contributed by atoms with E-state index in [1.54, 1.807) is 0 Å². The Morgan fingerprint density at radius 1 is 1.41 bits per heavy atom. The molecule has 17 heavy (non-hydrogen) atoms. The fourth-order valence-electron chi connectivity index (χ4n) is 3.96. The number of ether oxygens (including phenoxy) is 1. The molecule has 1 heterocycles. The molecule has 3 rings (SSSR count). The zero-order valence-corrected chi connectivity index (χ0v) is 10.4. The lowest BCUT2D eigenvalue weighted by Gasteiger charge is -2.47. The first-order valence-corrected chi connectivity index (χ1v) is 6.58. The lowest BCUT2D eigenvalue weighted by atomic mass is 9.55. The van der Waals surface area contributed by atoms with Gasteiger partial charge in [-0.2, -0.15) is 0 Å². The monoisotopic (exact) mass is 236 g/mol. The van der Waals surface area contributed by atoms with Gasteiger partial charge in [0.05, 0.1) is 18.1 Å². The SMILES string of the molecule is CC1CCC2C(C=CC3COC(=O)C32C)C1O. The molecule has 0 aromatic carbocycles. The molecule has 1 N–H and O–H groups in total. The van der Waals surface area contributed by atoms with E-state index in [1.807, 2.05) is 6.92 Å². The van der Waals surface area contributed by atoms with Gasteiger partial charge in [-0.3, -0.25) is 4.79 Å². The predicted molar refractivity (Wildman–Crippen MR) is 63.1 cm³/mol. The summed E-state index contributed by atoms with van der Waals surface area (Å²) in [5, 5.41) is 10.3. The highest BCUT2D eigenvalue weighted by molar-refractivity contribution is 5.80. The van der Waals surface area contributed by atoms with Gasteiger partial charge in [0.15, 0.2) is 0 Å². The third-order valence-electron chi connectivity index (χ3n) is 5.31. The summed E-state index contributed by atoms with van der Waals surface area (Å²) in [6, 6.07) is 0. The average Bonchev–Trinajstić information content (AvgIpc) is 2.61. The van der Waals surface area contributed by atoms with Gasteiger partial charge in [0.25, 0.3) is 0 Å².